The van der Waals surface area contributed by atoms with Crippen LogP contribution in [0.4, 0.5) is 17.1 Å². The molecule has 3 aromatic carbocycles. The summed E-state index contributed by atoms with van der Waals surface area (Å²) < 4.78 is 0. The number of nitrogens with zero attached hydrogens (tertiary/aromatic N) is 1. The summed E-state index contributed by atoms with van der Waals surface area (Å²) in [6, 6.07) is 19.3. The molecular formula is C22H18N4O4S. The number of thiocarbonyl (C=S) groups is 1. The van der Waals surface area contributed by atoms with E-state index in [2.05, 4.69) is 16.0 Å². The first kappa shape index (κ1) is 21.6. The second-order valence-corrected chi connectivity index (χ2v) is 6.97. The minimum absolute atomic E-state index is 0.0470. The van der Waals surface area contributed by atoms with Crippen molar-refractivity contribution in [3.8, 4) is 0 Å². The third kappa shape index (κ3) is 5.71. The summed E-state index contributed by atoms with van der Waals surface area (Å²) >= 11 is 5.17. The van der Waals surface area contributed by atoms with Crippen LogP contribution in [0.3, 0.4) is 0 Å². The van der Waals surface area contributed by atoms with Crippen molar-refractivity contribution >= 4 is 46.2 Å². The maximum atomic E-state index is 12.5. The standard InChI is InChI=1S/C22H18N4O4S/c1-14-5-2-3-8-19(14)21(28)23-16-6-4-7-17(13-16)24-22(31)25-20(27)15-9-11-18(12-10-15)26(29)30/h2-13H,1H3,(H,23,28)(H2,24,25,27,31). The molecular weight excluding hydrogens is 416 g/mol. The van der Waals surface area contributed by atoms with Gasteiger partial charge in [0.05, 0.1) is 4.92 Å². The van der Waals surface area contributed by atoms with Gasteiger partial charge in [-0.25, -0.2) is 0 Å². The second-order valence-electron chi connectivity index (χ2n) is 6.56. The number of nitrogens with one attached hydrogen (secondary N) is 3. The van der Waals surface area contributed by atoms with E-state index in [1.807, 2.05) is 19.1 Å². The molecule has 0 aromatic heterocycles. The highest BCUT2D eigenvalue weighted by molar-refractivity contribution is 7.80. The zero-order valence-corrected chi connectivity index (χ0v) is 17.2. The number of benzene rings is 3. The zero-order valence-electron chi connectivity index (χ0n) is 16.4. The first-order chi connectivity index (χ1) is 14.8. The molecule has 0 spiro atoms. The lowest BCUT2D eigenvalue weighted by atomic mass is 10.1. The van der Waals surface area contributed by atoms with Crippen molar-refractivity contribution in [1.82, 2.24) is 5.32 Å². The Morgan fingerprint density at radius 1 is 0.871 bits per heavy atom. The molecule has 0 aliphatic heterocycles. The normalized spacial score (nSPS) is 10.1. The summed E-state index contributed by atoms with van der Waals surface area (Å²) in [6.45, 7) is 1.86. The van der Waals surface area contributed by atoms with Gasteiger partial charge in [-0.2, -0.15) is 0 Å². The average molecular weight is 434 g/mol. The fraction of sp³-hybridized carbons (Fsp3) is 0.0455. The van der Waals surface area contributed by atoms with E-state index < -0.39 is 10.8 Å². The molecule has 0 radical (unpaired) electrons. The summed E-state index contributed by atoms with van der Waals surface area (Å²) in [4.78, 5) is 34.9. The SMILES string of the molecule is Cc1ccccc1C(=O)Nc1cccc(NC(=S)NC(=O)c2ccc([N+](=O)[O-])cc2)c1. The van der Waals surface area contributed by atoms with Gasteiger partial charge >= 0.3 is 0 Å². The number of carbonyl (C=O) groups is 2. The monoisotopic (exact) mass is 434 g/mol. The Morgan fingerprint density at radius 2 is 1.52 bits per heavy atom. The van der Waals surface area contributed by atoms with Crippen LogP contribution in [0, 0.1) is 17.0 Å². The Bertz CT molecular complexity index is 1160. The molecule has 9 heteroatoms. The van der Waals surface area contributed by atoms with Crippen LogP contribution in [-0.4, -0.2) is 21.9 Å². The van der Waals surface area contributed by atoms with Crippen LogP contribution in [0.5, 0.6) is 0 Å². The van der Waals surface area contributed by atoms with E-state index in [9.17, 15) is 19.7 Å². The predicted octanol–water partition coefficient (Wildman–Crippen LogP) is 4.28. The predicted molar refractivity (Wildman–Crippen MR) is 122 cm³/mol. The fourth-order valence-corrected chi connectivity index (χ4v) is 2.98. The molecule has 31 heavy (non-hydrogen) atoms. The van der Waals surface area contributed by atoms with E-state index in [4.69, 9.17) is 12.2 Å². The molecule has 3 aromatic rings. The van der Waals surface area contributed by atoms with E-state index in [0.717, 1.165) is 5.56 Å². The van der Waals surface area contributed by atoms with Gasteiger partial charge in [0.1, 0.15) is 0 Å². The van der Waals surface area contributed by atoms with Gasteiger partial charge in [0, 0.05) is 34.6 Å². The third-order valence-electron chi connectivity index (χ3n) is 4.34. The van der Waals surface area contributed by atoms with E-state index in [1.165, 1.54) is 24.3 Å². The Labute approximate surface area is 183 Å². The number of anilines is 2. The van der Waals surface area contributed by atoms with Crippen molar-refractivity contribution < 1.29 is 14.5 Å². The number of carbonyl (C=O) groups excluding carboxylic acids is 2. The number of non-ortho nitro benzene ring substituents is 1. The van der Waals surface area contributed by atoms with Crippen LogP contribution in [0.25, 0.3) is 0 Å². The molecule has 0 heterocycles. The molecule has 0 saturated carbocycles. The van der Waals surface area contributed by atoms with Crippen LogP contribution in [0.15, 0.2) is 72.8 Å². The minimum atomic E-state index is -0.543. The average Bonchev–Trinajstić information content (AvgIpc) is 2.74. The van der Waals surface area contributed by atoms with Gasteiger partial charge in [-0.15, -0.1) is 0 Å². The van der Waals surface area contributed by atoms with Crippen LogP contribution < -0.4 is 16.0 Å². The number of nitro benzene ring substituents is 1. The topological polar surface area (TPSA) is 113 Å². The number of hydrogen-bond donors (Lipinski definition) is 3. The summed E-state index contributed by atoms with van der Waals surface area (Å²) in [6.07, 6.45) is 0. The molecule has 0 saturated heterocycles. The van der Waals surface area contributed by atoms with Gasteiger partial charge in [-0.05, 0) is 61.1 Å². The van der Waals surface area contributed by atoms with E-state index in [1.54, 1.807) is 36.4 Å². The molecule has 156 valence electrons. The van der Waals surface area contributed by atoms with Crippen molar-refractivity contribution in [3.63, 3.8) is 0 Å². The van der Waals surface area contributed by atoms with Crippen LogP contribution in [0.2, 0.25) is 0 Å². The molecule has 2 amide bonds. The Morgan fingerprint density at radius 3 is 2.16 bits per heavy atom. The van der Waals surface area contributed by atoms with Crippen LogP contribution in [0.1, 0.15) is 26.3 Å². The summed E-state index contributed by atoms with van der Waals surface area (Å²) in [5.74, 6) is -0.735. The first-order valence-corrected chi connectivity index (χ1v) is 9.58. The lowest BCUT2D eigenvalue weighted by Crippen LogP contribution is -2.34. The fourth-order valence-electron chi connectivity index (χ4n) is 2.77. The largest absolute Gasteiger partial charge is 0.332 e. The number of nitro groups is 1. The highest BCUT2D eigenvalue weighted by Gasteiger charge is 2.12. The molecule has 0 aliphatic carbocycles. The van der Waals surface area contributed by atoms with Crippen molar-refractivity contribution in [3.05, 3.63) is 99.6 Å². The summed E-state index contributed by atoms with van der Waals surface area (Å²) in [5, 5.41) is 19.0. The van der Waals surface area contributed by atoms with E-state index in [0.29, 0.717) is 16.9 Å². The first-order valence-electron chi connectivity index (χ1n) is 9.17. The molecule has 0 unspecified atom stereocenters. The van der Waals surface area contributed by atoms with E-state index >= 15 is 0 Å². The second kappa shape index (κ2) is 9.59. The third-order valence-corrected chi connectivity index (χ3v) is 4.54. The highest BCUT2D eigenvalue weighted by atomic mass is 32.1. The zero-order chi connectivity index (χ0) is 22.4. The Hall–Kier alpha value is -4.11. The highest BCUT2D eigenvalue weighted by Crippen LogP contribution is 2.17. The van der Waals surface area contributed by atoms with Gasteiger partial charge < -0.3 is 10.6 Å². The number of amides is 2. The number of hydrogen-bond acceptors (Lipinski definition) is 5. The minimum Gasteiger partial charge on any atom is -0.332 e. The van der Waals surface area contributed by atoms with E-state index in [-0.39, 0.29) is 22.3 Å². The van der Waals surface area contributed by atoms with Gasteiger partial charge in [-0.1, -0.05) is 24.3 Å². The molecule has 0 aliphatic rings. The molecule has 3 N–H and O–H groups in total. The molecule has 3 rings (SSSR count). The van der Waals surface area contributed by atoms with Crippen molar-refractivity contribution in [2.75, 3.05) is 10.6 Å². The van der Waals surface area contributed by atoms with Crippen LogP contribution >= 0.6 is 12.2 Å². The molecule has 0 fully saturated rings. The quantitative estimate of drug-likeness (QED) is 0.314. The van der Waals surface area contributed by atoms with Crippen molar-refractivity contribution in [2.45, 2.75) is 6.92 Å². The molecule has 0 atom stereocenters. The van der Waals surface area contributed by atoms with Gasteiger partial charge in [0.2, 0.25) is 0 Å². The Kier molecular flexibility index (Phi) is 6.68. The van der Waals surface area contributed by atoms with Crippen molar-refractivity contribution in [2.24, 2.45) is 0 Å². The molecule has 0 bridgehead atoms. The molecule has 8 nitrogen and oxygen atoms in total. The lowest BCUT2D eigenvalue weighted by Gasteiger charge is -2.12. The lowest BCUT2D eigenvalue weighted by molar-refractivity contribution is -0.384. The number of aryl methyl sites for hydroxylation is 1. The summed E-state index contributed by atoms with van der Waals surface area (Å²) in [7, 11) is 0. The summed E-state index contributed by atoms with van der Waals surface area (Å²) in [5.41, 5.74) is 2.69. The van der Waals surface area contributed by atoms with Crippen molar-refractivity contribution in [1.29, 1.82) is 0 Å². The van der Waals surface area contributed by atoms with Gasteiger partial charge in [0.15, 0.2) is 5.11 Å². The van der Waals surface area contributed by atoms with Gasteiger partial charge in [0.25, 0.3) is 17.5 Å². The van der Waals surface area contributed by atoms with Gasteiger partial charge in [-0.3, -0.25) is 25.0 Å². The Balaban J connectivity index is 1.61. The van der Waals surface area contributed by atoms with Crippen LogP contribution in [-0.2, 0) is 0 Å². The maximum Gasteiger partial charge on any atom is 0.269 e. The maximum absolute atomic E-state index is 12.5. The number of rotatable bonds is 5. The smallest absolute Gasteiger partial charge is 0.269 e.